The van der Waals surface area contributed by atoms with E-state index < -0.39 is 17.9 Å². The molecule has 5 rings (SSSR count). The zero-order chi connectivity index (χ0) is 27.2. The minimum Gasteiger partial charge on any atom is -0.489 e. The number of benzene rings is 2. The molecule has 0 aliphatic carbocycles. The van der Waals surface area contributed by atoms with Gasteiger partial charge in [-0.05, 0) is 74.0 Å². The molecule has 0 radical (unpaired) electrons. The van der Waals surface area contributed by atoms with Crippen LogP contribution in [0.2, 0.25) is 0 Å². The Morgan fingerprint density at radius 1 is 1.08 bits per heavy atom. The molecule has 2 aromatic carbocycles. The summed E-state index contributed by atoms with van der Waals surface area (Å²) < 4.78 is 6.02. The molecule has 1 fully saturated rings. The van der Waals surface area contributed by atoms with E-state index in [2.05, 4.69) is 20.2 Å². The monoisotopic (exact) mass is 525 g/mol. The number of pyridine rings is 2. The molecule has 2 aromatic heterocycles. The fourth-order valence-electron chi connectivity index (χ4n) is 5.08. The third-order valence-electron chi connectivity index (χ3n) is 7.06. The number of piperidine rings is 1. The second-order valence-electron chi connectivity index (χ2n) is 9.79. The molecule has 0 unspecified atom stereocenters. The summed E-state index contributed by atoms with van der Waals surface area (Å²) >= 11 is 0. The molecule has 3 N–H and O–H groups in total. The second kappa shape index (κ2) is 12.0. The van der Waals surface area contributed by atoms with Crippen LogP contribution in [0.15, 0.2) is 79.1 Å². The predicted octanol–water partition coefficient (Wildman–Crippen LogP) is 3.64. The average Bonchev–Trinajstić information content (AvgIpc) is 2.96. The fraction of sp³-hybridized carbons (Fsp3) is 0.267. The van der Waals surface area contributed by atoms with Crippen LogP contribution in [0.1, 0.15) is 33.6 Å². The van der Waals surface area contributed by atoms with Gasteiger partial charge < -0.3 is 10.1 Å². The number of para-hydroxylation sites is 1. The standard InChI is InChI=1S/C30H31N5O4/c1-20-16-23(25-4-2-3-5-27(25)32-20)19-39-24-8-6-22(7-9-24)29(36)33-28-18-35(15-12-26(28)30(37)34-38)17-21-10-13-31-14-11-21/h2-11,13-14,16,26,28,38H,12,15,17-19H2,1H3,(H,33,36)(H,34,37)/t26-,28+/m0/s1. The Balaban J connectivity index is 1.23. The number of aryl methyl sites for hydroxylation is 1. The van der Waals surface area contributed by atoms with E-state index in [1.54, 1.807) is 42.1 Å². The molecular weight excluding hydrogens is 494 g/mol. The number of likely N-dealkylation sites (tertiary alicyclic amines) is 1. The van der Waals surface area contributed by atoms with Gasteiger partial charge >= 0.3 is 0 Å². The van der Waals surface area contributed by atoms with Gasteiger partial charge in [0.1, 0.15) is 12.4 Å². The number of nitrogens with zero attached hydrogens (tertiary/aromatic N) is 3. The third-order valence-corrected chi connectivity index (χ3v) is 7.06. The van der Waals surface area contributed by atoms with Crippen molar-refractivity contribution in [2.75, 3.05) is 13.1 Å². The van der Waals surface area contributed by atoms with E-state index in [9.17, 15) is 14.8 Å². The van der Waals surface area contributed by atoms with E-state index in [0.717, 1.165) is 27.7 Å². The van der Waals surface area contributed by atoms with Crippen LogP contribution >= 0.6 is 0 Å². The minimum atomic E-state index is -0.533. The van der Waals surface area contributed by atoms with E-state index in [1.165, 1.54) is 0 Å². The highest BCUT2D eigenvalue weighted by molar-refractivity contribution is 5.95. The lowest BCUT2D eigenvalue weighted by Gasteiger charge is -2.37. The van der Waals surface area contributed by atoms with Gasteiger partial charge in [0.05, 0.1) is 17.5 Å². The van der Waals surface area contributed by atoms with Gasteiger partial charge in [-0.1, -0.05) is 18.2 Å². The van der Waals surface area contributed by atoms with E-state index in [0.29, 0.717) is 44.0 Å². The molecule has 1 aliphatic heterocycles. The van der Waals surface area contributed by atoms with Crippen molar-refractivity contribution in [2.24, 2.45) is 5.92 Å². The Labute approximate surface area is 226 Å². The highest BCUT2D eigenvalue weighted by atomic mass is 16.5. The van der Waals surface area contributed by atoms with Crippen LogP contribution in [0.5, 0.6) is 5.75 Å². The summed E-state index contributed by atoms with van der Waals surface area (Å²) in [6, 6.07) is 20.4. The third kappa shape index (κ3) is 6.39. The van der Waals surface area contributed by atoms with Crippen LogP contribution < -0.4 is 15.5 Å². The van der Waals surface area contributed by atoms with E-state index in [4.69, 9.17) is 4.74 Å². The normalized spacial score (nSPS) is 17.5. The van der Waals surface area contributed by atoms with Crippen molar-refractivity contribution in [3.05, 3.63) is 102 Å². The van der Waals surface area contributed by atoms with Gasteiger partial charge in [0.2, 0.25) is 5.91 Å². The number of fused-ring (bicyclic) bond motifs is 1. The van der Waals surface area contributed by atoms with E-state index >= 15 is 0 Å². The summed E-state index contributed by atoms with van der Waals surface area (Å²) in [7, 11) is 0. The quantitative estimate of drug-likeness (QED) is 0.238. The topological polar surface area (TPSA) is 117 Å². The van der Waals surface area contributed by atoms with E-state index in [-0.39, 0.29) is 5.91 Å². The van der Waals surface area contributed by atoms with Crippen molar-refractivity contribution < 1.29 is 19.5 Å². The maximum absolute atomic E-state index is 13.1. The fourth-order valence-corrected chi connectivity index (χ4v) is 5.08. The van der Waals surface area contributed by atoms with Gasteiger partial charge in [-0.25, -0.2) is 5.48 Å². The lowest BCUT2D eigenvalue weighted by atomic mass is 9.90. The Morgan fingerprint density at radius 2 is 1.85 bits per heavy atom. The maximum Gasteiger partial charge on any atom is 0.251 e. The number of nitrogens with one attached hydrogen (secondary N) is 2. The molecule has 9 nitrogen and oxygen atoms in total. The maximum atomic E-state index is 13.1. The summed E-state index contributed by atoms with van der Waals surface area (Å²) in [6.45, 7) is 4.17. The van der Waals surface area contributed by atoms with Gasteiger partial charge in [0, 0.05) is 47.7 Å². The highest BCUT2D eigenvalue weighted by Gasteiger charge is 2.35. The highest BCUT2D eigenvalue weighted by Crippen LogP contribution is 2.23. The van der Waals surface area contributed by atoms with Crippen LogP contribution in [0.3, 0.4) is 0 Å². The smallest absolute Gasteiger partial charge is 0.251 e. The van der Waals surface area contributed by atoms with Gasteiger partial charge in [-0.15, -0.1) is 0 Å². The number of carbonyl (C=O) groups is 2. The minimum absolute atomic E-state index is 0.288. The summed E-state index contributed by atoms with van der Waals surface area (Å²) in [6.07, 6.45) is 4.00. The van der Waals surface area contributed by atoms with Crippen molar-refractivity contribution in [2.45, 2.75) is 32.5 Å². The van der Waals surface area contributed by atoms with Gasteiger partial charge in [-0.3, -0.25) is 29.7 Å². The van der Waals surface area contributed by atoms with Gasteiger partial charge in [0.15, 0.2) is 0 Å². The molecular formula is C30H31N5O4. The first-order valence-corrected chi connectivity index (χ1v) is 12.9. The molecule has 3 heterocycles. The summed E-state index contributed by atoms with van der Waals surface area (Å²) in [4.78, 5) is 36.3. The van der Waals surface area contributed by atoms with Crippen LogP contribution in [-0.4, -0.2) is 51.0 Å². The molecule has 0 bridgehead atoms. The van der Waals surface area contributed by atoms with Gasteiger partial charge in [0.25, 0.3) is 5.91 Å². The Kier molecular flexibility index (Phi) is 8.10. The van der Waals surface area contributed by atoms with Crippen LogP contribution in [0, 0.1) is 12.8 Å². The SMILES string of the molecule is Cc1cc(COc2ccc(C(=O)N[C@@H]3CN(Cc4ccncc4)CC[C@@H]3C(=O)NO)cc2)c2ccccc2n1. The van der Waals surface area contributed by atoms with E-state index in [1.807, 2.05) is 49.4 Å². The summed E-state index contributed by atoms with van der Waals surface area (Å²) in [5.41, 5.74) is 6.21. The Hall–Kier alpha value is -4.34. The molecule has 2 atom stereocenters. The number of rotatable bonds is 8. The number of hydrogen-bond acceptors (Lipinski definition) is 7. The van der Waals surface area contributed by atoms with Crippen molar-refractivity contribution in [1.82, 2.24) is 25.7 Å². The van der Waals surface area contributed by atoms with Crippen molar-refractivity contribution in [3.8, 4) is 5.75 Å². The molecule has 2 amide bonds. The largest absolute Gasteiger partial charge is 0.489 e. The van der Waals surface area contributed by atoms with Crippen molar-refractivity contribution in [3.63, 3.8) is 0 Å². The first-order valence-electron chi connectivity index (χ1n) is 12.9. The molecule has 0 spiro atoms. The number of ether oxygens (including phenoxy) is 1. The van der Waals surface area contributed by atoms with Crippen LogP contribution in [0.4, 0.5) is 0 Å². The Bertz CT molecular complexity index is 1450. The predicted molar refractivity (Wildman–Crippen MR) is 146 cm³/mol. The second-order valence-corrected chi connectivity index (χ2v) is 9.79. The zero-order valence-corrected chi connectivity index (χ0v) is 21.7. The molecule has 4 aromatic rings. The van der Waals surface area contributed by atoms with Crippen molar-refractivity contribution in [1.29, 1.82) is 0 Å². The number of amides is 2. The molecule has 1 saturated heterocycles. The van der Waals surface area contributed by atoms with Crippen molar-refractivity contribution >= 4 is 22.7 Å². The molecule has 9 heteroatoms. The van der Waals surface area contributed by atoms with Crippen LogP contribution in [0.25, 0.3) is 10.9 Å². The lowest BCUT2D eigenvalue weighted by molar-refractivity contribution is -0.135. The lowest BCUT2D eigenvalue weighted by Crippen LogP contribution is -2.56. The molecule has 200 valence electrons. The summed E-state index contributed by atoms with van der Waals surface area (Å²) in [5.74, 6) is -0.673. The average molecular weight is 526 g/mol. The number of aromatic nitrogens is 2. The number of hydroxylamine groups is 1. The number of carbonyl (C=O) groups excluding carboxylic acids is 2. The zero-order valence-electron chi connectivity index (χ0n) is 21.7. The molecule has 0 saturated carbocycles. The summed E-state index contributed by atoms with van der Waals surface area (Å²) in [5, 5.41) is 13.3. The Morgan fingerprint density at radius 3 is 2.62 bits per heavy atom. The number of hydrogen-bond donors (Lipinski definition) is 3. The molecule has 1 aliphatic rings. The molecule has 39 heavy (non-hydrogen) atoms. The van der Waals surface area contributed by atoms with Crippen LogP contribution in [-0.2, 0) is 17.9 Å². The first kappa shape index (κ1) is 26.3. The first-order chi connectivity index (χ1) is 19.0. The van der Waals surface area contributed by atoms with Gasteiger partial charge in [-0.2, -0.15) is 0 Å².